The van der Waals surface area contributed by atoms with Crippen LogP contribution in [0.4, 0.5) is 22.7 Å². The van der Waals surface area contributed by atoms with E-state index in [9.17, 15) is 130 Å². The van der Waals surface area contributed by atoms with Crippen molar-refractivity contribution in [3.05, 3.63) is 71.8 Å². The molecule has 45 nitrogen and oxygen atoms in total. The Morgan fingerprint density at radius 2 is 1.10 bits per heavy atom. The molecule has 3 unspecified atom stereocenters. The topological polar surface area (TPSA) is 697 Å². The number of fused-ring (bicyclic) bond motifs is 1. The van der Waals surface area contributed by atoms with E-state index in [0.717, 1.165) is 33.9 Å². The van der Waals surface area contributed by atoms with Gasteiger partial charge in [0.1, 0.15) is 28.4 Å². The van der Waals surface area contributed by atoms with E-state index in [1.54, 1.807) is 57.7 Å². The summed E-state index contributed by atoms with van der Waals surface area (Å²) >= 11 is 0.935. The molecule has 2 saturated heterocycles. The average molecular weight is 1860 g/mol. The number of rotatable bonds is 51. The molecule has 2 aliphatic heterocycles. The Bertz CT molecular complexity index is 4930. The fraction of sp³-hybridized carbons (Fsp3) is 0.526. The third-order valence-electron chi connectivity index (χ3n) is 20.2. The Labute approximate surface area is 734 Å². The highest BCUT2D eigenvalue weighted by atomic mass is 32.2. The number of aromatic hydroxyl groups is 1. The number of carboxylic acid groups (broad SMARTS) is 7. The number of ketones is 1. The number of anilines is 2. The highest BCUT2D eigenvalue weighted by Gasteiger charge is 2.40. The van der Waals surface area contributed by atoms with Gasteiger partial charge in [0, 0.05) is 127 Å². The molecular formula is C78H106N13O32PS3. The molecule has 0 aliphatic carbocycles. The molecule has 0 bridgehead atoms. The summed E-state index contributed by atoms with van der Waals surface area (Å²) in [6, 6.07) is 12.8. The Morgan fingerprint density at radius 1 is 0.583 bits per heavy atom. The van der Waals surface area contributed by atoms with E-state index >= 15 is 0 Å². The zero-order valence-electron chi connectivity index (χ0n) is 69.5. The number of nitrogens with zero attached hydrogens (tertiary/aromatic N) is 7. The van der Waals surface area contributed by atoms with E-state index in [0.29, 0.717) is 41.8 Å². The lowest BCUT2D eigenvalue weighted by molar-refractivity contribution is -0.145. The molecule has 6 atom stereocenters. The number of unbranched alkanes of at least 4 members (excludes halogenated alkanes) is 3. The van der Waals surface area contributed by atoms with Crippen LogP contribution in [0.5, 0.6) is 5.75 Å². The van der Waals surface area contributed by atoms with Crippen LogP contribution in [0.15, 0.2) is 75.8 Å². The number of thioether (sulfide) groups is 1. The average Bonchev–Trinajstić information content (AvgIpc) is 1.31. The van der Waals surface area contributed by atoms with Crippen molar-refractivity contribution in [2.24, 2.45) is 22.1 Å². The molecule has 17 N–H and O–H groups in total. The van der Waals surface area contributed by atoms with Gasteiger partial charge >= 0.3 is 60.0 Å². The Morgan fingerprint density at radius 3 is 1.65 bits per heavy atom. The van der Waals surface area contributed by atoms with Crippen molar-refractivity contribution in [3.8, 4) is 16.9 Å². The summed E-state index contributed by atoms with van der Waals surface area (Å²) in [5, 5.41) is 98.7. The van der Waals surface area contributed by atoms with Crippen molar-refractivity contribution in [1.82, 2.24) is 45.8 Å². The summed E-state index contributed by atoms with van der Waals surface area (Å²) in [7, 11) is -12.3. The molecule has 2 heterocycles. The Kier molecular flexibility index (Phi) is 44.1. The lowest BCUT2D eigenvalue weighted by Gasteiger charge is -2.33. The second-order valence-electron chi connectivity index (χ2n) is 30.0. The molecule has 0 spiro atoms. The van der Waals surface area contributed by atoms with E-state index in [1.165, 1.54) is 18.2 Å². The third kappa shape index (κ3) is 38.8. The van der Waals surface area contributed by atoms with Gasteiger partial charge in [-0.1, -0.05) is 24.6 Å². The summed E-state index contributed by atoms with van der Waals surface area (Å²) in [5.41, 5.74) is 9.60. The summed E-state index contributed by atoms with van der Waals surface area (Å²) in [6.07, 6.45) is -2.46. The number of nitrogens with one attached hydrogen (secondary N) is 5. The number of imide groups is 1. The first-order valence-electron chi connectivity index (χ1n) is 40.0. The lowest BCUT2D eigenvalue weighted by atomic mass is 9.94. The third-order valence-corrected chi connectivity index (χ3v) is 23.8. The molecule has 2 aliphatic rings. The van der Waals surface area contributed by atoms with Gasteiger partial charge in [-0.25, -0.2) is 4.79 Å². The number of nitrogens with two attached hydrogens (primary N) is 1. The van der Waals surface area contributed by atoms with E-state index in [4.69, 9.17) is 28.0 Å². The predicted molar refractivity (Wildman–Crippen MR) is 452 cm³/mol. The van der Waals surface area contributed by atoms with Crippen molar-refractivity contribution >= 4 is 163 Å². The fourth-order valence-electron chi connectivity index (χ4n) is 13.5. The highest BCUT2D eigenvalue weighted by Crippen LogP contribution is 2.45. The number of aryl methyl sites for hydroxylation is 2. The van der Waals surface area contributed by atoms with Crippen LogP contribution >= 0.6 is 19.4 Å². The maximum Gasteiger partial charge on any atom is 0.425 e. The van der Waals surface area contributed by atoms with Gasteiger partial charge in [-0.3, -0.25) is 101 Å². The molecule has 0 saturated carbocycles. The number of phenolic OH excluding ortho intramolecular Hbond substituents is 1. The van der Waals surface area contributed by atoms with E-state index in [-0.39, 0.29) is 171 Å². The van der Waals surface area contributed by atoms with Crippen LogP contribution in [0.25, 0.3) is 21.9 Å². The number of Topliss-reactive ketones (excluding diaryl/α,β-unsaturated/α-hetero) is 1. The Hall–Kier alpha value is -11.3. The van der Waals surface area contributed by atoms with Crippen LogP contribution in [-0.4, -0.2) is 319 Å². The summed E-state index contributed by atoms with van der Waals surface area (Å²) in [6.45, 7) is 2.48. The molecule has 0 radical (unpaired) electrons. The number of likely N-dealkylation sites (tertiary alicyclic amines) is 1. The quantitative estimate of drug-likeness (QED) is 0.00754. The van der Waals surface area contributed by atoms with Gasteiger partial charge < -0.3 is 82.6 Å². The maximum atomic E-state index is 14.5. The zero-order chi connectivity index (χ0) is 94.4. The van der Waals surface area contributed by atoms with Gasteiger partial charge in [0.25, 0.3) is 10.1 Å². The van der Waals surface area contributed by atoms with Gasteiger partial charge in [0.15, 0.2) is 5.75 Å². The van der Waals surface area contributed by atoms with Crippen molar-refractivity contribution in [1.29, 1.82) is 0 Å². The molecule has 4 aromatic carbocycles. The first kappa shape index (κ1) is 106. The van der Waals surface area contributed by atoms with Crippen molar-refractivity contribution in [3.63, 3.8) is 0 Å². The summed E-state index contributed by atoms with van der Waals surface area (Å²) in [5.74, 6) is -17.2. The summed E-state index contributed by atoms with van der Waals surface area (Å²) in [4.78, 5) is 205. The number of aliphatic carboxylic acids is 7. The number of hydrogen-bond donors (Lipinski definition) is 16. The van der Waals surface area contributed by atoms with Crippen LogP contribution in [0.1, 0.15) is 114 Å². The monoisotopic (exact) mass is 1860 g/mol. The molecule has 0 aromatic heterocycles. The van der Waals surface area contributed by atoms with E-state index < -0.39 is 209 Å². The minimum Gasteiger partial charge on any atom is -0.505 e. The van der Waals surface area contributed by atoms with Gasteiger partial charge in [0.2, 0.25) is 41.4 Å². The number of benzene rings is 4. The molecular weight excluding hydrogens is 1760 g/mol. The van der Waals surface area contributed by atoms with Gasteiger partial charge in [-0.15, -0.1) is 29.5 Å². The first-order valence-corrected chi connectivity index (χ1v) is 45.3. The number of azo groups is 1. The van der Waals surface area contributed by atoms with Crippen molar-refractivity contribution in [2.45, 2.75) is 139 Å². The largest absolute Gasteiger partial charge is 0.505 e. The second kappa shape index (κ2) is 52.7. The van der Waals surface area contributed by atoms with E-state index in [1.807, 2.05) is 12.1 Å². The molecule has 49 heteroatoms. The predicted octanol–water partition coefficient (Wildman–Crippen LogP) is 2.74. The highest BCUT2D eigenvalue weighted by molar-refractivity contribution is 8.01. The Balaban J connectivity index is 0.00000699. The van der Waals surface area contributed by atoms with Crippen LogP contribution in [0.2, 0.25) is 0 Å². The van der Waals surface area contributed by atoms with Crippen LogP contribution in [0, 0.1) is 25.7 Å². The fourth-order valence-corrected chi connectivity index (χ4v) is 16.6. The van der Waals surface area contributed by atoms with Gasteiger partial charge in [0.05, 0.1) is 72.9 Å². The normalized spacial score (nSPS) is 15.9. The maximum absolute atomic E-state index is 14.5. The van der Waals surface area contributed by atoms with Crippen molar-refractivity contribution < 1.29 is 152 Å². The number of carbonyl (C=O) groups excluding carboxylic acids is 8. The number of amides is 7. The second-order valence-corrected chi connectivity index (χ2v) is 34.9. The van der Waals surface area contributed by atoms with Gasteiger partial charge in [-0.2, -0.15) is 13.5 Å². The SMILES string of the molecule is Cc1cc(-c2ccc(NC(=O)[C@@H](CCCCNC(=O)CCN3C(=O)CC(SCC(=O)NCCCCCC(=O)C[C@@H](CCC(=O)N[C@@H](CCCOP(=O)(O)CC(CCC(=O)O)C(=O)O)C(=O)O)C(=O)O)C3=O)NC(=O)CN3CCN(CC(=O)O)CCN(CC(=O)O)CCN(CC(=O)O)CC3)c(C)c2)ccc1N=Nc1ccc2c(S(=O)(=O)O)ccc(N)c2c1O.O=S(=O)=O. The van der Waals surface area contributed by atoms with Crippen LogP contribution in [-0.2, 0) is 102 Å². The minimum atomic E-state index is -4.67. The number of nitrogen functional groups attached to an aromatic ring is 1. The molecule has 6 rings (SSSR count). The minimum absolute atomic E-state index is 0.0250. The smallest absolute Gasteiger partial charge is 0.425 e. The molecule has 698 valence electrons. The first-order chi connectivity index (χ1) is 59.8. The number of phenols is 1. The molecule has 4 aromatic rings. The number of hydrogen-bond acceptors (Lipinski definition) is 31. The lowest BCUT2D eigenvalue weighted by Crippen LogP contribution is -2.51. The van der Waals surface area contributed by atoms with Crippen LogP contribution in [0.3, 0.4) is 0 Å². The van der Waals surface area contributed by atoms with E-state index in [2.05, 4.69) is 36.8 Å². The molecule has 7 amide bonds. The molecule has 2 fully saturated rings. The van der Waals surface area contributed by atoms with Crippen molar-refractivity contribution in [2.75, 3.05) is 128 Å². The van der Waals surface area contributed by atoms with Crippen LogP contribution < -0.4 is 32.3 Å². The van der Waals surface area contributed by atoms with Gasteiger partial charge in [-0.05, 0) is 136 Å². The summed E-state index contributed by atoms with van der Waals surface area (Å²) < 4.78 is 76.5. The molecule has 127 heavy (non-hydrogen) atoms. The number of carboxylic acids is 7. The zero-order valence-corrected chi connectivity index (χ0v) is 72.9. The standard InChI is InChI=1S/C78H106N13O29PS2.O3S/c1-47-37-49(50-13-19-57(48(2)38-50)85-86-58-20-16-54-62(123(117,118)119)21-17-55(79)72(54)73(58)106)12-18-56(47)84-74(107)59(82-65(95)41-87-28-30-88(42-69(100)101)32-34-90(44-71(104)105)35-33-89(31-29-87)43-70(102)103)10-5-7-26-80-63(93)24-27-91-67(97)40-61(75(91)108)122-46-66(96)81-25-6-3-4-9-53(92)39-51(76(109)110)14-22-64(94)83-60(78(113)114)11-8-36-120-121(115,116)45-52(77(111)112)15-23-68(98)99;1-4(2)3/h12-13,16-21,37-38,51-52,59-61,106H,3-11,14-15,22-36,39-46,79H2,1-2H3,(H,80,93)(H,81,96)(H,82,95)(H,83,94)(H,84,107)(H,98,99)(H,100,101)(H,102,103)(H,104,105)(H,109,110)(H,111,112)(H,113,114)(H,115,116)(H,117,118,119);/t51-,52?,59-,60+,61?;/m1./s1. The number of carbonyl (C=O) groups is 15.